The molecule has 190 valence electrons. The summed E-state index contributed by atoms with van der Waals surface area (Å²) < 4.78 is 25.7. The fourth-order valence-electron chi connectivity index (χ4n) is 4.99. The lowest BCUT2D eigenvalue weighted by atomic mass is 9.97. The van der Waals surface area contributed by atoms with Gasteiger partial charge in [0.15, 0.2) is 0 Å². The van der Waals surface area contributed by atoms with Crippen LogP contribution >= 0.6 is 0 Å². The highest BCUT2D eigenvalue weighted by atomic mass is 19.1. The Morgan fingerprint density at radius 3 is 2.67 bits per heavy atom. The number of hydrogen-bond acceptors (Lipinski definition) is 6. The first-order valence-electron chi connectivity index (χ1n) is 11.8. The number of nitrogens with two attached hydrogens (primary N) is 1. The highest BCUT2D eigenvalue weighted by molar-refractivity contribution is 5.93. The molecule has 2 bridgehead atoms. The third-order valence-corrected chi connectivity index (χ3v) is 6.58. The van der Waals surface area contributed by atoms with Crippen molar-refractivity contribution in [2.24, 2.45) is 11.7 Å². The Morgan fingerprint density at radius 2 is 2.06 bits per heavy atom. The number of primary amides is 1. The van der Waals surface area contributed by atoms with Crippen LogP contribution in [0.1, 0.15) is 56.0 Å². The Labute approximate surface area is 208 Å². The second-order valence-electron chi connectivity index (χ2n) is 10.3. The van der Waals surface area contributed by atoms with Crippen LogP contribution in [0.3, 0.4) is 0 Å². The van der Waals surface area contributed by atoms with Crippen LogP contribution in [0.25, 0.3) is 11.3 Å². The summed E-state index contributed by atoms with van der Waals surface area (Å²) >= 11 is 0. The molecule has 36 heavy (non-hydrogen) atoms. The lowest BCUT2D eigenvalue weighted by Crippen LogP contribution is -2.55. The predicted octanol–water partition coefficient (Wildman–Crippen LogP) is 3.52. The topological polar surface area (TPSA) is 139 Å². The number of benzene rings is 1. The van der Waals surface area contributed by atoms with E-state index in [1.54, 1.807) is 26.8 Å². The van der Waals surface area contributed by atoms with Gasteiger partial charge in [0, 0.05) is 18.0 Å². The first kappa shape index (κ1) is 25.2. The summed E-state index contributed by atoms with van der Waals surface area (Å²) in [4.78, 5) is 38.8. The van der Waals surface area contributed by atoms with Gasteiger partial charge in [-0.1, -0.05) is 12.1 Å². The second-order valence-corrected chi connectivity index (χ2v) is 10.3. The van der Waals surface area contributed by atoms with Crippen molar-refractivity contribution in [2.45, 2.75) is 70.2 Å². The van der Waals surface area contributed by atoms with Gasteiger partial charge in [0.25, 0.3) is 5.91 Å². The zero-order valence-corrected chi connectivity index (χ0v) is 20.4. The fourth-order valence-corrected chi connectivity index (χ4v) is 4.99. The monoisotopic (exact) mass is 496 g/mol. The number of piperidine rings is 1. The highest BCUT2D eigenvalue weighted by Gasteiger charge is 2.52. The molecule has 2 heterocycles. The van der Waals surface area contributed by atoms with E-state index in [1.807, 2.05) is 6.07 Å². The number of nitriles is 1. The van der Waals surface area contributed by atoms with Crippen LogP contribution in [0.5, 0.6) is 0 Å². The molecule has 1 saturated carbocycles. The number of carbonyl (C=O) groups is 3. The van der Waals surface area contributed by atoms with Gasteiger partial charge in [-0.15, -0.1) is 0 Å². The summed E-state index contributed by atoms with van der Waals surface area (Å²) in [6.45, 7) is 5.30. The number of likely N-dealkylation sites (tertiary alicyclic amines) is 1. The van der Waals surface area contributed by atoms with Crippen molar-refractivity contribution in [3.05, 3.63) is 47.5 Å². The molecule has 9 nitrogen and oxygen atoms in total. The van der Waals surface area contributed by atoms with Gasteiger partial charge in [0.2, 0.25) is 5.91 Å². The quantitative estimate of drug-likeness (QED) is 0.627. The zero-order valence-electron chi connectivity index (χ0n) is 20.4. The van der Waals surface area contributed by atoms with Crippen molar-refractivity contribution in [1.29, 1.82) is 5.26 Å². The number of ether oxygens (including phenoxy) is 1. The maximum atomic E-state index is 14.9. The molecule has 1 saturated heterocycles. The maximum Gasteiger partial charge on any atom is 0.411 e. The summed E-state index contributed by atoms with van der Waals surface area (Å²) in [7, 11) is 0. The smallest absolute Gasteiger partial charge is 0.411 e. The van der Waals surface area contributed by atoms with Crippen LogP contribution < -0.4 is 11.1 Å². The predicted molar refractivity (Wildman–Crippen MR) is 127 cm³/mol. The molecule has 2 aliphatic rings. The molecule has 4 atom stereocenters. The van der Waals surface area contributed by atoms with E-state index in [0.29, 0.717) is 5.56 Å². The van der Waals surface area contributed by atoms with Crippen LogP contribution in [0, 0.1) is 23.1 Å². The molecule has 1 aromatic heterocycles. The second kappa shape index (κ2) is 9.64. The minimum atomic E-state index is -0.998. The molecule has 0 radical (unpaired) electrons. The fraction of sp³-hybridized carbons (Fsp3) is 0.462. The van der Waals surface area contributed by atoms with E-state index in [-0.39, 0.29) is 35.3 Å². The first-order valence-corrected chi connectivity index (χ1v) is 11.8. The molecule has 2 fully saturated rings. The lowest BCUT2D eigenvalue weighted by Gasteiger charge is -2.35. The number of furan rings is 1. The van der Waals surface area contributed by atoms with Crippen molar-refractivity contribution in [3.63, 3.8) is 0 Å². The van der Waals surface area contributed by atoms with Gasteiger partial charge < -0.3 is 20.2 Å². The SMILES string of the molecule is CC(C)(C)OC(=O)N1[C@@H]2CC[C@@H](C2)[C@H]1C(=O)N[C@H](C#N)Cc1ccc(-c2cc(C(N)=O)co2)cc1F. The third kappa shape index (κ3) is 5.20. The molecule has 10 heteroatoms. The van der Waals surface area contributed by atoms with Crippen molar-refractivity contribution in [1.82, 2.24) is 10.2 Å². The van der Waals surface area contributed by atoms with Crippen LogP contribution in [0.4, 0.5) is 9.18 Å². The minimum Gasteiger partial charge on any atom is -0.464 e. The van der Waals surface area contributed by atoms with Crippen LogP contribution in [0.15, 0.2) is 34.9 Å². The first-order chi connectivity index (χ1) is 17.0. The Hall–Kier alpha value is -3.87. The Bertz CT molecular complexity index is 1230. The Balaban J connectivity index is 1.45. The van der Waals surface area contributed by atoms with E-state index >= 15 is 0 Å². The molecule has 1 aliphatic carbocycles. The number of halogens is 1. The largest absolute Gasteiger partial charge is 0.464 e. The molecule has 3 amide bonds. The summed E-state index contributed by atoms with van der Waals surface area (Å²) in [6, 6.07) is 5.97. The summed E-state index contributed by atoms with van der Waals surface area (Å²) in [5, 5.41) is 12.4. The minimum absolute atomic E-state index is 0.00327. The van der Waals surface area contributed by atoms with Gasteiger partial charge in [0.05, 0.1) is 11.6 Å². The lowest BCUT2D eigenvalue weighted by molar-refractivity contribution is -0.128. The van der Waals surface area contributed by atoms with Crippen molar-refractivity contribution in [2.75, 3.05) is 0 Å². The normalized spacial score (nSPS) is 21.6. The van der Waals surface area contributed by atoms with Gasteiger partial charge in [-0.25, -0.2) is 9.18 Å². The number of carbonyl (C=O) groups excluding carboxylic acids is 3. The Kier molecular flexibility index (Phi) is 6.76. The summed E-state index contributed by atoms with van der Waals surface area (Å²) in [5.74, 6) is -1.41. The summed E-state index contributed by atoms with van der Waals surface area (Å²) in [6.07, 6.45) is 2.94. The molecule has 3 N–H and O–H groups in total. The number of nitrogens with zero attached hydrogens (tertiary/aromatic N) is 2. The number of nitrogens with one attached hydrogen (secondary N) is 1. The number of rotatable bonds is 6. The number of amides is 3. The molecule has 0 unspecified atom stereocenters. The maximum absolute atomic E-state index is 14.9. The average molecular weight is 497 g/mol. The van der Waals surface area contributed by atoms with Crippen LogP contribution in [-0.4, -0.2) is 46.5 Å². The van der Waals surface area contributed by atoms with Gasteiger partial charge in [0.1, 0.15) is 35.5 Å². The molecular formula is C26H29FN4O5. The van der Waals surface area contributed by atoms with Crippen molar-refractivity contribution in [3.8, 4) is 17.4 Å². The molecule has 0 spiro atoms. The molecule has 1 aromatic carbocycles. The standard InChI is InChI=1S/C26H29FN4O5/c1-26(2,3)36-25(34)31-19-7-6-16(9-19)22(31)24(33)30-18(12-28)8-14-4-5-15(10-20(14)27)21-11-17(13-35-21)23(29)32/h4-5,10-11,13,16,18-19,22H,6-9H2,1-3H3,(H2,29,32)(H,30,33)/t16-,18-,19+,22-/m0/s1. The van der Waals surface area contributed by atoms with E-state index < -0.39 is 41.4 Å². The van der Waals surface area contributed by atoms with Gasteiger partial charge in [-0.05, 0) is 63.6 Å². The zero-order chi connectivity index (χ0) is 26.2. The van der Waals surface area contributed by atoms with E-state index in [4.69, 9.17) is 14.9 Å². The van der Waals surface area contributed by atoms with E-state index in [9.17, 15) is 24.0 Å². The molecule has 2 aromatic rings. The van der Waals surface area contributed by atoms with Crippen molar-refractivity contribution >= 4 is 17.9 Å². The van der Waals surface area contributed by atoms with Crippen molar-refractivity contribution < 1.29 is 27.9 Å². The van der Waals surface area contributed by atoms with E-state index in [2.05, 4.69) is 5.32 Å². The third-order valence-electron chi connectivity index (χ3n) is 6.58. The van der Waals surface area contributed by atoms with Gasteiger partial charge in [-0.3, -0.25) is 14.5 Å². The summed E-state index contributed by atoms with van der Waals surface area (Å²) in [5.41, 5.74) is 5.32. The molecular weight excluding hydrogens is 467 g/mol. The number of hydrogen-bond donors (Lipinski definition) is 2. The van der Waals surface area contributed by atoms with Gasteiger partial charge in [-0.2, -0.15) is 5.26 Å². The highest BCUT2D eigenvalue weighted by Crippen LogP contribution is 2.43. The van der Waals surface area contributed by atoms with Crippen LogP contribution in [0.2, 0.25) is 0 Å². The van der Waals surface area contributed by atoms with Gasteiger partial charge >= 0.3 is 6.09 Å². The Morgan fingerprint density at radius 1 is 1.31 bits per heavy atom. The van der Waals surface area contributed by atoms with Crippen LogP contribution in [-0.2, 0) is 16.0 Å². The van der Waals surface area contributed by atoms with E-state index in [1.165, 1.54) is 29.4 Å². The van der Waals surface area contributed by atoms with E-state index in [0.717, 1.165) is 19.3 Å². The molecule has 4 rings (SSSR count). The average Bonchev–Trinajstić information content (AvgIpc) is 3.54. The molecule has 1 aliphatic heterocycles. The number of fused-ring (bicyclic) bond motifs is 2.